The topological polar surface area (TPSA) is 78.3 Å². The van der Waals surface area contributed by atoms with E-state index in [0.29, 0.717) is 17.5 Å². The van der Waals surface area contributed by atoms with Gasteiger partial charge in [0.05, 0.1) is 0 Å². The number of fused-ring (bicyclic) bond motifs is 1. The minimum absolute atomic E-state index is 0.238. The number of hydrogen-bond donors (Lipinski definition) is 2. The molecule has 0 aliphatic carbocycles. The van der Waals surface area contributed by atoms with Gasteiger partial charge in [0.2, 0.25) is 0 Å². The van der Waals surface area contributed by atoms with Gasteiger partial charge in [0, 0.05) is 19.2 Å². The molecule has 1 fully saturated rings. The normalized spacial score (nSPS) is 20.0. The molecule has 1 aliphatic rings. The number of nitrogens with zero attached hydrogens (tertiary/aromatic N) is 4. The van der Waals surface area contributed by atoms with Crippen LogP contribution >= 0.6 is 0 Å². The number of aromatic amines is 1. The molecular formula is C13H20N6O. The van der Waals surface area contributed by atoms with Crippen molar-refractivity contribution >= 4 is 11.5 Å². The highest BCUT2D eigenvalue weighted by Gasteiger charge is 2.19. The molecule has 0 bridgehead atoms. The number of H-pyrrole nitrogens is 1. The lowest BCUT2D eigenvalue weighted by atomic mass is 10.1. The van der Waals surface area contributed by atoms with E-state index in [4.69, 9.17) is 0 Å². The van der Waals surface area contributed by atoms with Gasteiger partial charge in [-0.05, 0) is 39.3 Å². The number of aromatic nitrogens is 4. The molecule has 2 N–H and O–H groups in total. The van der Waals surface area contributed by atoms with E-state index >= 15 is 0 Å². The van der Waals surface area contributed by atoms with E-state index in [9.17, 15) is 4.79 Å². The highest BCUT2D eigenvalue weighted by molar-refractivity contribution is 5.51. The van der Waals surface area contributed by atoms with Gasteiger partial charge >= 0.3 is 5.69 Å². The zero-order chi connectivity index (χ0) is 14.1. The number of aryl methyl sites for hydroxylation is 1. The average molecular weight is 276 g/mol. The van der Waals surface area contributed by atoms with Crippen molar-refractivity contribution in [3.05, 3.63) is 22.4 Å². The number of anilines is 1. The molecule has 2 aromatic heterocycles. The van der Waals surface area contributed by atoms with E-state index in [2.05, 4.69) is 32.4 Å². The molecule has 1 atom stereocenters. The van der Waals surface area contributed by atoms with Crippen molar-refractivity contribution in [3.63, 3.8) is 0 Å². The lowest BCUT2D eigenvalue weighted by molar-refractivity contribution is 0.561. The molecular weight excluding hydrogens is 256 g/mol. The Morgan fingerprint density at radius 1 is 1.40 bits per heavy atom. The Bertz CT molecular complexity index is 652. The standard InChI is InChI=1S/C13H20N6O/c1-9-15-11(8-12-16-17-13(20)19(9)12)18(2)10-4-3-6-14-7-5-10/h8,10,14H,3-7H2,1-2H3,(H,17,20). The second-order valence-corrected chi connectivity index (χ2v) is 5.33. The van der Waals surface area contributed by atoms with Gasteiger partial charge in [0.15, 0.2) is 5.65 Å². The largest absolute Gasteiger partial charge is 0.356 e. The first kappa shape index (κ1) is 13.1. The smallest absolute Gasteiger partial charge is 0.349 e. The van der Waals surface area contributed by atoms with Crippen molar-refractivity contribution in [2.24, 2.45) is 0 Å². The van der Waals surface area contributed by atoms with Crippen molar-refractivity contribution in [2.75, 3.05) is 25.0 Å². The van der Waals surface area contributed by atoms with Crippen LogP contribution in [0.2, 0.25) is 0 Å². The molecule has 7 nitrogen and oxygen atoms in total. The summed E-state index contributed by atoms with van der Waals surface area (Å²) >= 11 is 0. The Morgan fingerprint density at radius 2 is 2.25 bits per heavy atom. The summed E-state index contributed by atoms with van der Waals surface area (Å²) in [5, 5.41) is 9.91. The van der Waals surface area contributed by atoms with Crippen LogP contribution in [0.1, 0.15) is 25.1 Å². The van der Waals surface area contributed by atoms with Crippen LogP contribution in [0.5, 0.6) is 0 Å². The van der Waals surface area contributed by atoms with Gasteiger partial charge in [-0.2, -0.15) is 5.10 Å². The van der Waals surface area contributed by atoms with E-state index in [0.717, 1.165) is 31.7 Å². The first-order valence-corrected chi connectivity index (χ1v) is 7.05. The lowest BCUT2D eigenvalue weighted by Crippen LogP contribution is -2.33. The Labute approximate surface area is 117 Å². The molecule has 20 heavy (non-hydrogen) atoms. The summed E-state index contributed by atoms with van der Waals surface area (Å²) in [6.07, 6.45) is 3.44. The van der Waals surface area contributed by atoms with E-state index in [-0.39, 0.29) is 5.69 Å². The molecule has 108 valence electrons. The minimum Gasteiger partial charge on any atom is -0.356 e. The summed E-state index contributed by atoms with van der Waals surface area (Å²) in [6, 6.07) is 2.34. The summed E-state index contributed by atoms with van der Waals surface area (Å²) in [4.78, 5) is 18.4. The summed E-state index contributed by atoms with van der Waals surface area (Å²) in [5.41, 5.74) is 0.383. The molecule has 0 radical (unpaired) electrons. The lowest BCUT2D eigenvalue weighted by Gasteiger charge is -2.28. The summed E-state index contributed by atoms with van der Waals surface area (Å²) in [5.74, 6) is 1.54. The van der Waals surface area contributed by atoms with Crippen LogP contribution < -0.4 is 15.9 Å². The molecule has 3 rings (SSSR count). The molecule has 0 amide bonds. The number of hydrogen-bond acceptors (Lipinski definition) is 5. The van der Waals surface area contributed by atoms with Crippen molar-refractivity contribution in [2.45, 2.75) is 32.2 Å². The highest BCUT2D eigenvalue weighted by Crippen LogP contribution is 2.19. The zero-order valence-electron chi connectivity index (χ0n) is 11.9. The van der Waals surface area contributed by atoms with Crippen LogP contribution in [0.3, 0.4) is 0 Å². The maximum absolute atomic E-state index is 11.6. The molecule has 0 spiro atoms. The van der Waals surface area contributed by atoms with E-state index in [1.54, 1.807) is 0 Å². The van der Waals surface area contributed by atoms with Gasteiger partial charge in [0.25, 0.3) is 0 Å². The summed E-state index contributed by atoms with van der Waals surface area (Å²) in [6.45, 7) is 3.96. The average Bonchev–Trinajstić information content (AvgIpc) is 2.67. The van der Waals surface area contributed by atoms with Gasteiger partial charge in [-0.25, -0.2) is 19.3 Å². The predicted octanol–water partition coefficient (Wildman–Crippen LogP) is 0.304. The predicted molar refractivity (Wildman–Crippen MR) is 77.3 cm³/mol. The van der Waals surface area contributed by atoms with Gasteiger partial charge in [-0.15, -0.1) is 0 Å². The Kier molecular flexibility index (Phi) is 3.43. The van der Waals surface area contributed by atoms with E-state index in [1.165, 1.54) is 10.8 Å². The van der Waals surface area contributed by atoms with Gasteiger partial charge in [-0.3, -0.25) is 0 Å². The highest BCUT2D eigenvalue weighted by atomic mass is 16.1. The van der Waals surface area contributed by atoms with Gasteiger partial charge in [0.1, 0.15) is 11.6 Å². The SMILES string of the molecule is Cc1nc(N(C)C2CCCNCC2)cc2n[nH]c(=O)n12. The van der Waals surface area contributed by atoms with Gasteiger partial charge < -0.3 is 10.2 Å². The maximum Gasteiger partial charge on any atom is 0.349 e. The van der Waals surface area contributed by atoms with Crippen LogP contribution in [0.25, 0.3) is 5.65 Å². The summed E-state index contributed by atoms with van der Waals surface area (Å²) < 4.78 is 1.49. The van der Waals surface area contributed by atoms with Crippen molar-refractivity contribution in [3.8, 4) is 0 Å². The quantitative estimate of drug-likeness (QED) is 0.825. The Hall–Kier alpha value is -1.89. The maximum atomic E-state index is 11.6. The fourth-order valence-corrected chi connectivity index (χ4v) is 2.84. The second-order valence-electron chi connectivity index (χ2n) is 5.33. The third-order valence-corrected chi connectivity index (χ3v) is 4.01. The minimum atomic E-state index is -0.238. The number of nitrogens with one attached hydrogen (secondary N) is 2. The molecule has 1 aliphatic heterocycles. The van der Waals surface area contributed by atoms with Crippen molar-refractivity contribution in [1.29, 1.82) is 0 Å². The zero-order valence-corrected chi connectivity index (χ0v) is 11.9. The second kappa shape index (κ2) is 5.24. The fourth-order valence-electron chi connectivity index (χ4n) is 2.84. The van der Waals surface area contributed by atoms with Crippen LogP contribution in [0.15, 0.2) is 10.9 Å². The van der Waals surface area contributed by atoms with Crippen LogP contribution in [-0.2, 0) is 0 Å². The fraction of sp³-hybridized carbons (Fsp3) is 0.615. The summed E-state index contributed by atoms with van der Waals surface area (Å²) in [7, 11) is 2.07. The van der Waals surface area contributed by atoms with E-state index in [1.807, 2.05) is 13.0 Å². The van der Waals surface area contributed by atoms with E-state index < -0.39 is 0 Å². The van der Waals surface area contributed by atoms with Crippen molar-refractivity contribution < 1.29 is 0 Å². The van der Waals surface area contributed by atoms with Gasteiger partial charge in [-0.1, -0.05) is 0 Å². The van der Waals surface area contributed by atoms with Crippen LogP contribution in [0, 0.1) is 6.92 Å². The monoisotopic (exact) mass is 276 g/mol. The molecule has 1 saturated heterocycles. The molecule has 1 unspecified atom stereocenters. The molecule has 0 aromatic carbocycles. The molecule has 0 saturated carbocycles. The Morgan fingerprint density at radius 3 is 3.10 bits per heavy atom. The first-order valence-electron chi connectivity index (χ1n) is 7.05. The van der Waals surface area contributed by atoms with Crippen LogP contribution in [0.4, 0.5) is 5.82 Å². The Balaban J connectivity index is 1.94. The molecule has 2 aromatic rings. The van der Waals surface area contributed by atoms with Crippen LogP contribution in [-0.4, -0.2) is 45.8 Å². The number of rotatable bonds is 2. The third kappa shape index (κ3) is 2.29. The first-order chi connectivity index (χ1) is 9.66. The molecule has 7 heteroatoms. The third-order valence-electron chi connectivity index (χ3n) is 4.01. The van der Waals surface area contributed by atoms with Crippen molar-refractivity contribution in [1.82, 2.24) is 24.9 Å². The molecule has 3 heterocycles.